The molecule has 1 aromatic carbocycles. The molecule has 4 heteroatoms. The van der Waals surface area contributed by atoms with Crippen LogP contribution in [-0.2, 0) is 4.79 Å². The highest BCUT2D eigenvalue weighted by Crippen LogP contribution is 2.55. The number of hydrogen-bond donors (Lipinski definition) is 1. The van der Waals surface area contributed by atoms with Crippen molar-refractivity contribution in [3.05, 3.63) is 28.7 Å². The zero-order valence-corrected chi connectivity index (χ0v) is 15.1. The van der Waals surface area contributed by atoms with E-state index in [0.29, 0.717) is 0 Å². The quantitative estimate of drug-likeness (QED) is 0.848. The molecule has 1 unspecified atom stereocenters. The third-order valence-electron chi connectivity index (χ3n) is 5.90. The van der Waals surface area contributed by atoms with E-state index < -0.39 is 6.10 Å². The van der Waals surface area contributed by atoms with E-state index in [2.05, 4.69) is 21.2 Å². The molecule has 0 saturated heterocycles. The Bertz CT molecular complexity index is 580. The number of halogens is 1. The Labute approximate surface area is 146 Å². The maximum Gasteiger partial charge on any atom is 0.261 e. The van der Waals surface area contributed by atoms with Gasteiger partial charge in [0.05, 0.1) is 0 Å². The van der Waals surface area contributed by atoms with Crippen molar-refractivity contribution in [3.8, 4) is 5.75 Å². The molecule has 4 saturated carbocycles. The van der Waals surface area contributed by atoms with Crippen molar-refractivity contribution in [1.82, 2.24) is 5.32 Å². The second-order valence-electron chi connectivity index (χ2n) is 7.90. The number of benzene rings is 1. The molecule has 23 heavy (non-hydrogen) atoms. The number of carbonyl (C=O) groups excluding carboxylic acids is 1. The first-order chi connectivity index (χ1) is 11.0. The molecule has 3 nitrogen and oxygen atoms in total. The van der Waals surface area contributed by atoms with Gasteiger partial charge in [-0.3, -0.25) is 4.79 Å². The molecule has 4 bridgehead atoms. The van der Waals surface area contributed by atoms with Gasteiger partial charge in [-0.25, -0.2) is 0 Å². The SMILES string of the molecule is CC(Oc1cccc(Br)c1)C(=O)NC12CC3CC(CC(C3)C1)C2. The molecule has 0 heterocycles. The normalized spacial score (nSPS) is 35.8. The van der Waals surface area contributed by atoms with E-state index >= 15 is 0 Å². The second kappa shape index (κ2) is 5.80. The van der Waals surface area contributed by atoms with Crippen molar-refractivity contribution >= 4 is 21.8 Å². The van der Waals surface area contributed by atoms with Gasteiger partial charge in [-0.05, 0) is 81.4 Å². The van der Waals surface area contributed by atoms with Crippen molar-refractivity contribution in [2.24, 2.45) is 17.8 Å². The predicted molar refractivity (Wildman–Crippen MR) is 93.3 cm³/mol. The molecule has 4 aliphatic carbocycles. The lowest BCUT2D eigenvalue weighted by atomic mass is 9.53. The molecule has 4 aliphatic rings. The van der Waals surface area contributed by atoms with Gasteiger partial charge in [-0.2, -0.15) is 0 Å². The molecular formula is C19H24BrNO2. The Kier molecular flexibility index (Phi) is 3.91. The second-order valence-corrected chi connectivity index (χ2v) is 8.82. The Balaban J connectivity index is 1.41. The third-order valence-corrected chi connectivity index (χ3v) is 6.40. The maximum absolute atomic E-state index is 12.7. The molecule has 0 aromatic heterocycles. The number of ether oxygens (including phenoxy) is 1. The van der Waals surface area contributed by atoms with Crippen LogP contribution < -0.4 is 10.1 Å². The smallest absolute Gasteiger partial charge is 0.261 e. The Morgan fingerprint density at radius 1 is 1.22 bits per heavy atom. The van der Waals surface area contributed by atoms with Crippen molar-refractivity contribution in [2.45, 2.75) is 57.1 Å². The summed E-state index contributed by atoms with van der Waals surface area (Å²) < 4.78 is 6.79. The molecule has 0 radical (unpaired) electrons. The predicted octanol–water partition coefficient (Wildman–Crippen LogP) is 4.30. The van der Waals surface area contributed by atoms with E-state index in [0.717, 1.165) is 28.0 Å². The number of hydrogen-bond acceptors (Lipinski definition) is 2. The summed E-state index contributed by atoms with van der Waals surface area (Å²) in [6, 6.07) is 7.66. The summed E-state index contributed by atoms with van der Waals surface area (Å²) >= 11 is 3.43. The zero-order chi connectivity index (χ0) is 16.0. The zero-order valence-electron chi connectivity index (χ0n) is 13.6. The number of nitrogens with one attached hydrogen (secondary N) is 1. The molecule has 1 aromatic rings. The van der Waals surface area contributed by atoms with Gasteiger partial charge in [0.25, 0.3) is 5.91 Å². The summed E-state index contributed by atoms with van der Waals surface area (Å²) in [6.45, 7) is 1.84. The number of rotatable bonds is 4. The summed E-state index contributed by atoms with van der Waals surface area (Å²) in [5.74, 6) is 3.27. The standard InChI is InChI=1S/C19H24BrNO2/c1-12(23-17-4-2-3-16(20)8-17)18(22)21-19-9-13-5-14(10-19)7-15(6-13)11-19/h2-4,8,12-15H,5-7,9-11H2,1H3,(H,21,22). The van der Waals surface area contributed by atoms with Crippen LogP contribution in [0, 0.1) is 17.8 Å². The Morgan fingerprint density at radius 2 is 1.83 bits per heavy atom. The largest absolute Gasteiger partial charge is 0.481 e. The van der Waals surface area contributed by atoms with Crippen LogP contribution in [0.2, 0.25) is 0 Å². The van der Waals surface area contributed by atoms with E-state index in [4.69, 9.17) is 4.74 Å². The van der Waals surface area contributed by atoms with Crippen molar-refractivity contribution in [3.63, 3.8) is 0 Å². The summed E-state index contributed by atoms with van der Waals surface area (Å²) in [5, 5.41) is 3.38. The number of carbonyl (C=O) groups is 1. The molecule has 124 valence electrons. The van der Waals surface area contributed by atoms with Gasteiger partial charge < -0.3 is 10.1 Å². The fraction of sp³-hybridized carbons (Fsp3) is 0.632. The molecule has 1 amide bonds. The van der Waals surface area contributed by atoms with Crippen molar-refractivity contribution < 1.29 is 9.53 Å². The van der Waals surface area contributed by atoms with Crippen LogP contribution >= 0.6 is 15.9 Å². The molecule has 4 fully saturated rings. The lowest BCUT2D eigenvalue weighted by molar-refractivity contribution is -0.133. The monoisotopic (exact) mass is 377 g/mol. The number of amides is 1. The fourth-order valence-corrected chi connectivity index (χ4v) is 5.80. The van der Waals surface area contributed by atoms with Gasteiger partial charge in [0.15, 0.2) is 6.10 Å². The van der Waals surface area contributed by atoms with Gasteiger partial charge in [0.1, 0.15) is 5.75 Å². The average Bonchev–Trinajstić information content (AvgIpc) is 2.45. The Hall–Kier alpha value is -1.03. The van der Waals surface area contributed by atoms with E-state index in [1.54, 1.807) is 0 Å². The van der Waals surface area contributed by atoms with Gasteiger partial charge >= 0.3 is 0 Å². The molecule has 5 rings (SSSR count). The summed E-state index contributed by atoms with van der Waals surface area (Å²) in [4.78, 5) is 12.7. The van der Waals surface area contributed by atoms with Crippen LogP contribution in [0.5, 0.6) is 5.75 Å². The molecule has 0 aliphatic heterocycles. The van der Waals surface area contributed by atoms with Crippen LogP contribution in [0.4, 0.5) is 0 Å². The molecular weight excluding hydrogens is 354 g/mol. The Morgan fingerprint density at radius 3 is 2.39 bits per heavy atom. The van der Waals surface area contributed by atoms with Gasteiger partial charge in [-0.15, -0.1) is 0 Å². The maximum atomic E-state index is 12.7. The highest BCUT2D eigenvalue weighted by atomic mass is 79.9. The first-order valence-electron chi connectivity index (χ1n) is 8.76. The van der Waals surface area contributed by atoms with Gasteiger partial charge in [0, 0.05) is 10.0 Å². The summed E-state index contributed by atoms with van der Waals surface area (Å²) in [7, 11) is 0. The average molecular weight is 378 g/mol. The fourth-order valence-electron chi connectivity index (χ4n) is 5.42. The topological polar surface area (TPSA) is 38.3 Å². The van der Waals surface area contributed by atoms with Crippen LogP contribution in [0.1, 0.15) is 45.4 Å². The first kappa shape index (κ1) is 15.5. The van der Waals surface area contributed by atoms with Gasteiger partial charge in [-0.1, -0.05) is 22.0 Å². The minimum absolute atomic E-state index is 0.0342. The highest BCUT2D eigenvalue weighted by molar-refractivity contribution is 9.10. The first-order valence-corrected chi connectivity index (χ1v) is 9.55. The van der Waals surface area contributed by atoms with Crippen LogP contribution in [0.3, 0.4) is 0 Å². The van der Waals surface area contributed by atoms with Gasteiger partial charge in [0.2, 0.25) is 0 Å². The third kappa shape index (κ3) is 3.15. The molecule has 1 N–H and O–H groups in total. The lowest BCUT2D eigenvalue weighted by Crippen LogP contribution is -2.61. The molecule has 1 atom stereocenters. The van der Waals surface area contributed by atoms with Crippen LogP contribution in [0.25, 0.3) is 0 Å². The molecule has 0 spiro atoms. The summed E-state index contributed by atoms with van der Waals surface area (Å²) in [5.41, 5.74) is 0.0563. The van der Waals surface area contributed by atoms with Crippen LogP contribution in [0.15, 0.2) is 28.7 Å². The van der Waals surface area contributed by atoms with E-state index in [9.17, 15) is 4.79 Å². The highest BCUT2D eigenvalue weighted by Gasteiger charge is 2.51. The van der Waals surface area contributed by atoms with E-state index in [-0.39, 0.29) is 11.4 Å². The van der Waals surface area contributed by atoms with Crippen molar-refractivity contribution in [1.29, 1.82) is 0 Å². The van der Waals surface area contributed by atoms with E-state index in [1.165, 1.54) is 38.5 Å². The lowest BCUT2D eigenvalue weighted by Gasteiger charge is -2.57. The van der Waals surface area contributed by atoms with Crippen LogP contribution in [-0.4, -0.2) is 17.6 Å². The minimum Gasteiger partial charge on any atom is -0.481 e. The van der Waals surface area contributed by atoms with Crippen molar-refractivity contribution in [2.75, 3.05) is 0 Å². The minimum atomic E-state index is -0.461. The van der Waals surface area contributed by atoms with E-state index in [1.807, 2.05) is 31.2 Å². The summed E-state index contributed by atoms with van der Waals surface area (Å²) in [6.07, 6.45) is 7.23.